The standard InChI is InChI=1S/C20H26N4O2S/c25-19-20(7-1-2-8-20)14-15(26-19)6-9-23-10-12-24(13-11-23)17-5-3-4-16-18(17)22-27-21-16/h3-5,15H,1-2,6-14H2. The second-order valence-corrected chi connectivity index (χ2v) is 8.77. The minimum absolute atomic E-state index is 0.0831. The number of aromatic nitrogens is 2. The highest BCUT2D eigenvalue weighted by molar-refractivity contribution is 7.00. The number of esters is 1. The summed E-state index contributed by atoms with van der Waals surface area (Å²) >= 11 is 1.28. The van der Waals surface area contributed by atoms with Gasteiger partial charge in [0.05, 0.1) is 22.8 Å². The third kappa shape index (κ3) is 3.21. The maximum atomic E-state index is 12.3. The van der Waals surface area contributed by atoms with Crippen LogP contribution in [0.3, 0.4) is 0 Å². The highest BCUT2D eigenvalue weighted by atomic mass is 32.1. The first-order valence-electron chi connectivity index (χ1n) is 10.1. The van der Waals surface area contributed by atoms with Crippen molar-refractivity contribution in [2.45, 2.75) is 44.6 Å². The zero-order valence-corrected chi connectivity index (χ0v) is 16.4. The summed E-state index contributed by atoms with van der Waals surface area (Å²) in [6.07, 6.45) is 6.50. The maximum absolute atomic E-state index is 12.3. The molecule has 1 unspecified atom stereocenters. The van der Waals surface area contributed by atoms with E-state index in [1.165, 1.54) is 30.3 Å². The molecule has 0 N–H and O–H groups in total. The lowest BCUT2D eigenvalue weighted by Gasteiger charge is -2.36. The lowest BCUT2D eigenvalue weighted by Crippen LogP contribution is -2.47. The van der Waals surface area contributed by atoms with E-state index in [-0.39, 0.29) is 17.5 Å². The molecule has 3 heterocycles. The van der Waals surface area contributed by atoms with Crippen LogP contribution in [-0.2, 0) is 9.53 Å². The number of anilines is 1. The minimum Gasteiger partial charge on any atom is -0.462 e. The van der Waals surface area contributed by atoms with Crippen LogP contribution >= 0.6 is 11.7 Å². The molecule has 3 fully saturated rings. The summed E-state index contributed by atoms with van der Waals surface area (Å²) in [5.74, 6) is 0.0831. The SMILES string of the molecule is O=C1OC(CCN2CCN(c3cccc4nsnc34)CC2)CC12CCCC2. The quantitative estimate of drug-likeness (QED) is 0.753. The van der Waals surface area contributed by atoms with E-state index in [0.717, 1.165) is 69.4 Å². The van der Waals surface area contributed by atoms with Crippen molar-refractivity contribution in [1.29, 1.82) is 0 Å². The van der Waals surface area contributed by atoms with Gasteiger partial charge in [-0.15, -0.1) is 0 Å². The Kier molecular flexibility index (Phi) is 4.52. The topological polar surface area (TPSA) is 58.6 Å². The second kappa shape index (κ2) is 7.02. The monoisotopic (exact) mass is 386 g/mol. The van der Waals surface area contributed by atoms with Crippen molar-refractivity contribution in [2.24, 2.45) is 5.41 Å². The maximum Gasteiger partial charge on any atom is 0.312 e. The van der Waals surface area contributed by atoms with Gasteiger partial charge in [0.15, 0.2) is 0 Å². The number of benzene rings is 1. The Labute approximate surface area is 163 Å². The van der Waals surface area contributed by atoms with Crippen molar-refractivity contribution in [1.82, 2.24) is 13.6 Å². The van der Waals surface area contributed by atoms with Gasteiger partial charge in [0.25, 0.3) is 0 Å². The molecule has 0 bridgehead atoms. The molecule has 0 amide bonds. The van der Waals surface area contributed by atoms with Crippen molar-refractivity contribution < 1.29 is 9.53 Å². The molecule has 6 nitrogen and oxygen atoms in total. The molecule has 1 saturated carbocycles. The highest BCUT2D eigenvalue weighted by Gasteiger charge is 2.50. The summed E-state index contributed by atoms with van der Waals surface area (Å²) < 4.78 is 14.6. The fourth-order valence-electron chi connectivity index (χ4n) is 5.04. The molecule has 1 spiro atoms. The molecule has 7 heteroatoms. The van der Waals surface area contributed by atoms with Crippen molar-refractivity contribution in [2.75, 3.05) is 37.6 Å². The Morgan fingerprint density at radius 1 is 1.15 bits per heavy atom. The number of rotatable bonds is 4. The molecule has 144 valence electrons. The lowest BCUT2D eigenvalue weighted by atomic mass is 9.83. The van der Waals surface area contributed by atoms with E-state index >= 15 is 0 Å². The molecule has 5 rings (SSSR count). The van der Waals surface area contributed by atoms with Gasteiger partial charge in [0.1, 0.15) is 17.1 Å². The zero-order chi connectivity index (χ0) is 18.3. The van der Waals surface area contributed by atoms with Crippen molar-refractivity contribution in [3.05, 3.63) is 18.2 Å². The molecular weight excluding hydrogens is 360 g/mol. The van der Waals surface area contributed by atoms with Crippen LogP contribution in [0.2, 0.25) is 0 Å². The van der Waals surface area contributed by atoms with Crippen molar-refractivity contribution in [3.63, 3.8) is 0 Å². The average molecular weight is 387 g/mol. The molecular formula is C20H26N4O2S. The number of fused-ring (bicyclic) bond motifs is 1. The third-order valence-corrected chi connectivity index (χ3v) is 7.17. The van der Waals surface area contributed by atoms with Gasteiger partial charge in [-0.05, 0) is 31.4 Å². The zero-order valence-electron chi connectivity index (χ0n) is 15.6. The Hall–Kier alpha value is -1.73. The van der Waals surface area contributed by atoms with E-state index in [0.29, 0.717) is 0 Å². The van der Waals surface area contributed by atoms with Crippen LogP contribution in [0.4, 0.5) is 5.69 Å². The molecule has 1 atom stereocenters. The molecule has 0 radical (unpaired) electrons. The van der Waals surface area contributed by atoms with Crippen molar-refractivity contribution in [3.8, 4) is 0 Å². The van der Waals surface area contributed by atoms with E-state index in [9.17, 15) is 4.79 Å². The smallest absolute Gasteiger partial charge is 0.312 e. The Balaban J connectivity index is 1.14. The molecule has 2 aromatic rings. The fourth-order valence-corrected chi connectivity index (χ4v) is 5.59. The normalized spacial score (nSPS) is 25.6. The summed E-state index contributed by atoms with van der Waals surface area (Å²) in [6, 6.07) is 6.25. The van der Waals surface area contributed by atoms with Crippen LogP contribution in [0.15, 0.2) is 18.2 Å². The largest absolute Gasteiger partial charge is 0.462 e. The third-order valence-electron chi connectivity index (χ3n) is 6.63. The Bertz CT molecular complexity index is 824. The summed E-state index contributed by atoms with van der Waals surface area (Å²) in [7, 11) is 0. The van der Waals surface area contributed by atoms with Gasteiger partial charge in [-0.25, -0.2) is 0 Å². The summed E-state index contributed by atoms with van der Waals surface area (Å²) in [6.45, 7) is 5.11. The number of cyclic esters (lactones) is 1. The summed E-state index contributed by atoms with van der Waals surface area (Å²) in [5.41, 5.74) is 3.09. The fraction of sp³-hybridized carbons (Fsp3) is 0.650. The van der Waals surface area contributed by atoms with Crippen LogP contribution in [0.5, 0.6) is 0 Å². The van der Waals surface area contributed by atoms with Crippen LogP contribution in [0, 0.1) is 5.41 Å². The van der Waals surface area contributed by atoms with Gasteiger partial charge >= 0.3 is 5.97 Å². The molecule has 1 aromatic heterocycles. The number of ether oxygens (including phenoxy) is 1. The van der Waals surface area contributed by atoms with Crippen molar-refractivity contribution >= 4 is 34.4 Å². The first-order valence-corrected chi connectivity index (χ1v) is 10.9. The molecule has 2 aliphatic heterocycles. The first-order chi connectivity index (χ1) is 13.2. The number of carbonyl (C=O) groups is 1. The number of piperazine rings is 1. The van der Waals surface area contributed by atoms with E-state index < -0.39 is 0 Å². The van der Waals surface area contributed by atoms with Crippen LogP contribution in [0.25, 0.3) is 11.0 Å². The van der Waals surface area contributed by atoms with Gasteiger partial charge in [-0.1, -0.05) is 18.9 Å². The van der Waals surface area contributed by atoms with E-state index in [1.54, 1.807) is 0 Å². The number of hydrogen-bond acceptors (Lipinski definition) is 7. The van der Waals surface area contributed by atoms with Crippen LogP contribution in [-0.4, -0.2) is 58.4 Å². The minimum atomic E-state index is -0.121. The van der Waals surface area contributed by atoms with E-state index in [1.807, 2.05) is 6.07 Å². The number of carbonyl (C=O) groups excluding carboxylic acids is 1. The summed E-state index contributed by atoms with van der Waals surface area (Å²) in [5, 5.41) is 0. The van der Waals surface area contributed by atoms with Gasteiger partial charge in [0.2, 0.25) is 0 Å². The predicted octanol–water partition coefficient (Wildman–Crippen LogP) is 3.08. The van der Waals surface area contributed by atoms with Gasteiger partial charge in [0, 0.05) is 39.1 Å². The van der Waals surface area contributed by atoms with Crippen LogP contribution in [0.1, 0.15) is 38.5 Å². The number of hydrogen-bond donors (Lipinski definition) is 0. The van der Waals surface area contributed by atoms with Gasteiger partial charge in [-0.3, -0.25) is 9.69 Å². The molecule has 1 aromatic carbocycles. The molecule has 1 aliphatic carbocycles. The van der Waals surface area contributed by atoms with Gasteiger partial charge < -0.3 is 9.64 Å². The van der Waals surface area contributed by atoms with Gasteiger partial charge in [-0.2, -0.15) is 8.75 Å². The average Bonchev–Trinajstić information content (AvgIpc) is 3.42. The second-order valence-electron chi connectivity index (χ2n) is 8.25. The Morgan fingerprint density at radius 2 is 1.96 bits per heavy atom. The molecule has 3 aliphatic rings. The predicted molar refractivity (Wildman–Crippen MR) is 106 cm³/mol. The molecule has 27 heavy (non-hydrogen) atoms. The van der Waals surface area contributed by atoms with Crippen LogP contribution < -0.4 is 4.90 Å². The first kappa shape index (κ1) is 17.4. The Morgan fingerprint density at radius 3 is 2.78 bits per heavy atom. The van der Waals surface area contributed by atoms with E-state index in [4.69, 9.17) is 4.74 Å². The molecule has 2 saturated heterocycles. The highest BCUT2D eigenvalue weighted by Crippen LogP contribution is 2.48. The number of nitrogens with zero attached hydrogens (tertiary/aromatic N) is 4. The van der Waals surface area contributed by atoms with E-state index in [2.05, 4.69) is 30.7 Å². The lowest BCUT2D eigenvalue weighted by molar-refractivity contribution is -0.148. The summed E-state index contributed by atoms with van der Waals surface area (Å²) in [4.78, 5) is 17.2.